The number of aromatic nitrogens is 1. The highest BCUT2D eigenvalue weighted by molar-refractivity contribution is 9.10. The Morgan fingerprint density at radius 2 is 1.86 bits per heavy atom. The van der Waals surface area contributed by atoms with E-state index in [0.29, 0.717) is 5.88 Å². The number of benzene rings is 1. The molecule has 0 atom stereocenters. The standard InChI is InChI=1S/C16H17Br2NO3/c1-20-10-22-15-9-12(17)5-3-11(15)4-7-14-13(18)6-8-16(19-14)21-2/h3,5-6,8-9H,4,7,10H2,1-2H3. The van der Waals surface area contributed by atoms with E-state index in [-0.39, 0.29) is 6.79 Å². The lowest BCUT2D eigenvalue weighted by atomic mass is 10.1. The number of methoxy groups -OCH3 is 2. The Balaban J connectivity index is 2.14. The summed E-state index contributed by atoms with van der Waals surface area (Å²) in [6.45, 7) is 0.227. The van der Waals surface area contributed by atoms with Crippen LogP contribution in [-0.2, 0) is 17.6 Å². The van der Waals surface area contributed by atoms with Crippen LogP contribution >= 0.6 is 31.9 Å². The third kappa shape index (κ3) is 4.69. The summed E-state index contributed by atoms with van der Waals surface area (Å²) in [5.74, 6) is 1.43. The van der Waals surface area contributed by atoms with E-state index in [1.807, 2.05) is 30.3 Å². The van der Waals surface area contributed by atoms with E-state index in [1.165, 1.54) is 0 Å². The maximum absolute atomic E-state index is 5.62. The molecule has 0 saturated heterocycles. The summed E-state index contributed by atoms with van der Waals surface area (Å²) in [5, 5.41) is 0. The molecule has 0 aliphatic carbocycles. The minimum absolute atomic E-state index is 0.227. The normalized spacial score (nSPS) is 10.5. The van der Waals surface area contributed by atoms with Crippen molar-refractivity contribution < 1.29 is 14.2 Å². The van der Waals surface area contributed by atoms with Crippen molar-refractivity contribution in [2.24, 2.45) is 0 Å². The van der Waals surface area contributed by atoms with Crippen molar-refractivity contribution in [2.45, 2.75) is 12.8 Å². The number of hydrogen-bond acceptors (Lipinski definition) is 4. The molecule has 1 aromatic carbocycles. The lowest BCUT2D eigenvalue weighted by Gasteiger charge is -2.12. The van der Waals surface area contributed by atoms with Crippen LogP contribution in [0.25, 0.3) is 0 Å². The van der Waals surface area contributed by atoms with E-state index < -0.39 is 0 Å². The Hall–Kier alpha value is -1.11. The second-order valence-electron chi connectivity index (χ2n) is 4.59. The zero-order valence-electron chi connectivity index (χ0n) is 12.4. The summed E-state index contributed by atoms with van der Waals surface area (Å²) < 4.78 is 17.7. The molecule has 0 amide bonds. The molecule has 22 heavy (non-hydrogen) atoms. The maximum Gasteiger partial charge on any atom is 0.213 e. The van der Waals surface area contributed by atoms with Gasteiger partial charge in [0.25, 0.3) is 0 Å². The van der Waals surface area contributed by atoms with Crippen molar-refractivity contribution >= 4 is 31.9 Å². The molecule has 0 saturated carbocycles. The van der Waals surface area contributed by atoms with Crippen molar-refractivity contribution in [2.75, 3.05) is 21.0 Å². The van der Waals surface area contributed by atoms with E-state index in [4.69, 9.17) is 14.2 Å². The summed E-state index contributed by atoms with van der Waals surface area (Å²) in [6.07, 6.45) is 1.59. The monoisotopic (exact) mass is 429 g/mol. The van der Waals surface area contributed by atoms with E-state index in [9.17, 15) is 0 Å². The average Bonchev–Trinajstić information content (AvgIpc) is 2.53. The van der Waals surface area contributed by atoms with Gasteiger partial charge in [-0.3, -0.25) is 0 Å². The molecule has 118 valence electrons. The summed E-state index contributed by atoms with van der Waals surface area (Å²) >= 11 is 6.99. The fraction of sp³-hybridized carbons (Fsp3) is 0.312. The van der Waals surface area contributed by atoms with Gasteiger partial charge in [-0.15, -0.1) is 0 Å². The SMILES string of the molecule is COCOc1cc(Br)ccc1CCc1nc(OC)ccc1Br. The quantitative estimate of drug-likeness (QED) is 0.611. The number of rotatable bonds is 7. The Bertz CT molecular complexity index is 635. The van der Waals surface area contributed by atoms with Crippen LogP contribution in [0.15, 0.2) is 39.3 Å². The van der Waals surface area contributed by atoms with E-state index in [2.05, 4.69) is 36.8 Å². The van der Waals surface area contributed by atoms with Gasteiger partial charge in [0.15, 0.2) is 6.79 Å². The van der Waals surface area contributed by atoms with Crippen LogP contribution in [0.1, 0.15) is 11.3 Å². The van der Waals surface area contributed by atoms with Gasteiger partial charge in [0.1, 0.15) is 5.75 Å². The van der Waals surface area contributed by atoms with E-state index in [1.54, 1.807) is 14.2 Å². The van der Waals surface area contributed by atoms with Gasteiger partial charge in [-0.2, -0.15) is 0 Å². The molecule has 0 N–H and O–H groups in total. The topological polar surface area (TPSA) is 40.6 Å². The molecule has 0 aliphatic heterocycles. The smallest absolute Gasteiger partial charge is 0.213 e. The largest absolute Gasteiger partial charge is 0.481 e. The molecule has 0 unspecified atom stereocenters. The number of halogens is 2. The molecule has 1 heterocycles. The average molecular weight is 431 g/mol. The highest BCUT2D eigenvalue weighted by atomic mass is 79.9. The predicted molar refractivity (Wildman–Crippen MR) is 92.5 cm³/mol. The first-order chi connectivity index (χ1) is 10.6. The van der Waals surface area contributed by atoms with Gasteiger partial charge in [-0.05, 0) is 52.5 Å². The number of ether oxygens (including phenoxy) is 3. The molecule has 2 aromatic rings. The van der Waals surface area contributed by atoms with Crippen LogP contribution in [0.5, 0.6) is 11.6 Å². The number of nitrogens with zero attached hydrogens (tertiary/aromatic N) is 1. The number of pyridine rings is 1. The van der Waals surface area contributed by atoms with Gasteiger partial charge >= 0.3 is 0 Å². The van der Waals surface area contributed by atoms with Crippen LogP contribution in [0.2, 0.25) is 0 Å². The number of hydrogen-bond donors (Lipinski definition) is 0. The fourth-order valence-corrected chi connectivity index (χ4v) is 2.76. The summed E-state index contributed by atoms with van der Waals surface area (Å²) in [6, 6.07) is 9.78. The Morgan fingerprint density at radius 1 is 1.05 bits per heavy atom. The van der Waals surface area contributed by atoms with Crippen LogP contribution in [0.4, 0.5) is 0 Å². The van der Waals surface area contributed by atoms with Crippen LogP contribution in [0.3, 0.4) is 0 Å². The Morgan fingerprint density at radius 3 is 2.59 bits per heavy atom. The van der Waals surface area contributed by atoms with Gasteiger partial charge in [0.2, 0.25) is 5.88 Å². The van der Waals surface area contributed by atoms with E-state index >= 15 is 0 Å². The van der Waals surface area contributed by atoms with Gasteiger partial charge < -0.3 is 14.2 Å². The molecule has 0 bridgehead atoms. The van der Waals surface area contributed by atoms with Crippen molar-refractivity contribution in [3.63, 3.8) is 0 Å². The van der Waals surface area contributed by atoms with E-state index in [0.717, 1.165) is 38.8 Å². The molecule has 0 spiro atoms. The Labute approximate surface area is 147 Å². The van der Waals surface area contributed by atoms with Crippen LogP contribution < -0.4 is 9.47 Å². The number of aryl methyl sites for hydroxylation is 2. The first-order valence-corrected chi connectivity index (χ1v) is 8.32. The van der Waals surface area contributed by atoms with Crippen LogP contribution in [-0.4, -0.2) is 26.0 Å². The molecule has 2 rings (SSSR count). The molecule has 0 radical (unpaired) electrons. The summed E-state index contributed by atoms with van der Waals surface area (Å²) in [5.41, 5.74) is 2.07. The Kier molecular flexibility index (Phi) is 6.67. The molecule has 1 aromatic heterocycles. The molecular weight excluding hydrogens is 414 g/mol. The van der Waals surface area contributed by atoms with Crippen molar-refractivity contribution in [3.8, 4) is 11.6 Å². The summed E-state index contributed by atoms with van der Waals surface area (Å²) in [4.78, 5) is 4.47. The molecule has 0 aliphatic rings. The molecule has 6 heteroatoms. The second-order valence-corrected chi connectivity index (χ2v) is 6.36. The van der Waals surface area contributed by atoms with Gasteiger partial charge in [0, 0.05) is 22.1 Å². The third-order valence-electron chi connectivity index (χ3n) is 3.09. The first-order valence-electron chi connectivity index (χ1n) is 6.73. The minimum Gasteiger partial charge on any atom is -0.481 e. The van der Waals surface area contributed by atoms with Gasteiger partial charge in [0.05, 0.1) is 12.8 Å². The van der Waals surface area contributed by atoms with Crippen molar-refractivity contribution in [3.05, 3.63) is 50.5 Å². The summed E-state index contributed by atoms with van der Waals surface area (Å²) in [7, 11) is 3.22. The predicted octanol–water partition coefficient (Wildman–Crippen LogP) is 4.38. The third-order valence-corrected chi connectivity index (χ3v) is 4.31. The van der Waals surface area contributed by atoms with Crippen molar-refractivity contribution in [1.82, 2.24) is 4.98 Å². The van der Waals surface area contributed by atoms with Gasteiger partial charge in [-0.25, -0.2) is 4.98 Å². The van der Waals surface area contributed by atoms with Crippen LogP contribution in [0, 0.1) is 0 Å². The zero-order chi connectivity index (χ0) is 15.9. The molecule has 4 nitrogen and oxygen atoms in total. The zero-order valence-corrected chi connectivity index (χ0v) is 15.6. The highest BCUT2D eigenvalue weighted by Gasteiger charge is 2.09. The minimum atomic E-state index is 0.227. The fourth-order valence-electron chi connectivity index (χ4n) is 2.00. The van der Waals surface area contributed by atoms with Gasteiger partial charge in [-0.1, -0.05) is 22.0 Å². The maximum atomic E-state index is 5.62. The van der Waals surface area contributed by atoms with Crippen molar-refractivity contribution in [1.29, 1.82) is 0 Å². The molecule has 0 fully saturated rings. The first kappa shape index (κ1) is 17.2. The lowest BCUT2D eigenvalue weighted by molar-refractivity contribution is 0.0504. The highest BCUT2D eigenvalue weighted by Crippen LogP contribution is 2.26. The molecular formula is C16H17Br2NO3. The second kappa shape index (κ2) is 8.50. The lowest BCUT2D eigenvalue weighted by Crippen LogP contribution is -2.03.